The molecule has 0 bridgehead atoms. The highest BCUT2D eigenvalue weighted by Gasteiger charge is 2.11. The van der Waals surface area contributed by atoms with Crippen LogP contribution in [0, 0.1) is 5.82 Å². The van der Waals surface area contributed by atoms with Gasteiger partial charge in [-0.3, -0.25) is 0 Å². The number of benzene rings is 1. The van der Waals surface area contributed by atoms with Gasteiger partial charge < -0.3 is 5.11 Å². The molecule has 13 heavy (non-hydrogen) atoms. The monoisotopic (exact) mass is 260 g/mol. The maximum atomic E-state index is 13.3. The summed E-state index contributed by atoms with van der Waals surface area (Å²) >= 11 is 4.56. The van der Waals surface area contributed by atoms with E-state index in [9.17, 15) is 9.50 Å². The molecule has 0 aliphatic heterocycles. The summed E-state index contributed by atoms with van der Waals surface area (Å²) in [6, 6.07) is 3.25. The second kappa shape index (κ2) is 3.27. The Morgan fingerprint density at radius 3 is 3.00 bits per heavy atom. The number of aromatic hydroxyl groups is 1. The quantitative estimate of drug-likeness (QED) is 0.777. The summed E-state index contributed by atoms with van der Waals surface area (Å²) in [5.74, 6) is -0.308. The molecule has 0 radical (unpaired) electrons. The molecular formula is C9H6BrFOS. The summed E-state index contributed by atoms with van der Waals surface area (Å²) in [6.07, 6.45) is 0. The van der Waals surface area contributed by atoms with E-state index in [-0.39, 0.29) is 11.6 Å². The van der Waals surface area contributed by atoms with E-state index in [1.807, 2.05) is 5.38 Å². The number of fused-ring (bicyclic) bond motifs is 1. The molecule has 1 nitrogen and oxygen atoms in total. The van der Waals surface area contributed by atoms with Gasteiger partial charge in [0.15, 0.2) is 0 Å². The molecule has 0 aliphatic rings. The summed E-state index contributed by atoms with van der Waals surface area (Å²) < 4.78 is 14.1. The van der Waals surface area contributed by atoms with Crippen LogP contribution in [0.5, 0.6) is 5.75 Å². The molecule has 0 saturated heterocycles. The van der Waals surface area contributed by atoms with Crippen LogP contribution in [0.1, 0.15) is 5.56 Å². The van der Waals surface area contributed by atoms with Gasteiger partial charge >= 0.3 is 0 Å². The Bertz CT molecular complexity index is 452. The van der Waals surface area contributed by atoms with Crippen LogP contribution < -0.4 is 0 Å². The highest BCUT2D eigenvalue weighted by Crippen LogP contribution is 2.35. The molecule has 2 rings (SSSR count). The first kappa shape index (κ1) is 8.97. The molecule has 0 atom stereocenters. The number of thiophene rings is 1. The SMILES string of the molecule is Oc1c(CBr)c(F)cc2sccc12. The molecule has 0 aliphatic carbocycles. The van der Waals surface area contributed by atoms with Crippen LogP contribution >= 0.6 is 27.3 Å². The van der Waals surface area contributed by atoms with E-state index >= 15 is 0 Å². The minimum atomic E-state index is -0.357. The smallest absolute Gasteiger partial charge is 0.132 e. The third-order valence-electron chi connectivity index (χ3n) is 1.92. The zero-order valence-electron chi connectivity index (χ0n) is 6.55. The van der Waals surface area contributed by atoms with E-state index in [2.05, 4.69) is 15.9 Å². The first-order chi connectivity index (χ1) is 6.24. The Balaban J connectivity index is 2.85. The number of hydrogen-bond acceptors (Lipinski definition) is 2. The van der Waals surface area contributed by atoms with Gasteiger partial charge in [-0.15, -0.1) is 11.3 Å². The Morgan fingerprint density at radius 1 is 1.54 bits per heavy atom. The van der Waals surface area contributed by atoms with Crippen LogP contribution in [-0.4, -0.2) is 5.11 Å². The highest BCUT2D eigenvalue weighted by atomic mass is 79.9. The second-order valence-electron chi connectivity index (χ2n) is 2.65. The zero-order chi connectivity index (χ0) is 9.42. The topological polar surface area (TPSA) is 20.2 Å². The fraction of sp³-hybridized carbons (Fsp3) is 0.111. The van der Waals surface area contributed by atoms with Crippen molar-refractivity contribution in [1.29, 1.82) is 0 Å². The van der Waals surface area contributed by atoms with Crippen LogP contribution in [0.3, 0.4) is 0 Å². The average Bonchev–Trinajstić information content (AvgIpc) is 2.53. The molecule has 0 unspecified atom stereocenters. The molecule has 0 amide bonds. The van der Waals surface area contributed by atoms with Crippen molar-refractivity contribution in [2.75, 3.05) is 0 Å². The van der Waals surface area contributed by atoms with Gasteiger partial charge in [0.2, 0.25) is 0 Å². The molecule has 0 saturated carbocycles. The van der Waals surface area contributed by atoms with Gasteiger partial charge in [-0.25, -0.2) is 4.39 Å². The van der Waals surface area contributed by atoms with E-state index in [1.165, 1.54) is 17.4 Å². The third kappa shape index (κ3) is 1.34. The van der Waals surface area contributed by atoms with E-state index in [0.717, 1.165) is 10.1 Å². The lowest BCUT2D eigenvalue weighted by molar-refractivity contribution is 0.469. The Hall–Kier alpha value is -0.610. The van der Waals surface area contributed by atoms with Crippen molar-refractivity contribution in [3.63, 3.8) is 0 Å². The second-order valence-corrected chi connectivity index (χ2v) is 4.16. The summed E-state index contributed by atoms with van der Waals surface area (Å²) in [6.45, 7) is 0. The highest BCUT2D eigenvalue weighted by molar-refractivity contribution is 9.08. The van der Waals surface area contributed by atoms with Gasteiger partial charge in [0.05, 0.1) is 0 Å². The van der Waals surface area contributed by atoms with Crippen molar-refractivity contribution in [3.05, 3.63) is 28.9 Å². The summed E-state index contributed by atoms with van der Waals surface area (Å²) in [4.78, 5) is 0. The van der Waals surface area contributed by atoms with E-state index < -0.39 is 0 Å². The Kier molecular flexibility index (Phi) is 2.26. The van der Waals surface area contributed by atoms with Gasteiger partial charge in [0, 0.05) is 21.0 Å². The maximum Gasteiger partial charge on any atom is 0.132 e. The van der Waals surface area contributed by atoms with Crippen molar-refractivity contribution in [1.82, 2.24) is 0 Å². The van der Waals surface area contributed by atoms with E-state index in [1.54, 1.807) is 6.07 Å². The summed E-state index contributed by atoms with van der Waals surface area (Å²) in [5, 5.41) is 12.5. The molecule has 1 N–H and O–H groups in total. The molecule has 2 aromatic rings. The lowest BCUT2D eigenvalue weighted by Gasteiger charge is -2.03. The van der Waals surface area contributed by atoms with Crippen molar-refractivity contribution in [3.8, 4) is 5.75 Å². The fourth-order valence-corrected chi connectivity index (χ4v) is 2.58. The van der Waals surface area contributed by atoms with Crippen LogP contribution in [0.15, 0.2) is 17.5 Å². The number of phenolic OH excluding ortho intramolecular Hbond substituents is 1. The van der Waals surface area contributed by atoms with E-state index in [4.69, 9.17) is 0 Å². The number of alkyl halides is 1. The standard InChI is InChI=1S/C9H6BrFOS/c10-4-6-7(11)3-8-5(9(6)12)1-2-13-8/h1-3,12H,4H2. The van der Waals surface area contributed by atoms with Crippen molar-refractivity contribution in [2.24, 2.45) is 0 Å². The normalized spacial score (nSPS) is 10.9. The van der Waals surface area contributed by atoms with Crippen LogP contribution in [0.25, 0.3) is 10.1 Å². The Morgan fingerprint density at radius 2 is 2.31 bits per heavy atom. The summed E-state index contributed by atoms with van der Waals surface area (Å²) in [7, 11) is 0. The third-order valence-corrected chi connectivity index (χ3v) is 3.34. The first-order valence-corrected chi connectivity index (χ1v) is 5.67. The van der Waals surface area contributed by atoms with Gasteiger partial charge in [-0.05, 0) is 17.5 Å². The van der Waals surface area contributed by atoms with Gasteiger partial charge in [0.1, 0.15) is 11.6 Å². The van der Waals surface area contributed by atoms with E-state index in [0.29, 0.717) is 10.9 Å². The molecule has 0 spiro atoms. The minimum Gasteiger partial charge on any atom is -0.507 e. The first-order valence-electron chi connectivity index (χ1n) is 3.67. The van der Waals surface area contributed by atoms with Crippen molar-refractivity contribution < 1.29 is 9.50 Å². The molecule has 1 aromatic carbocycles. The Labute approximate surface area is 86.9 Å². The van der Waals surface area contributed by atoms with Crippen molar-refractivity contribution >= 4 is 37.4 Å². The molecule has 1 aromatic heterocycles. The van der Waals surface area contributed by atoms with Gasteiger partial charge in [0.25, 0.3) is 0 Å². The van der Waals surface area contributed by atoms with Crippen LogP contribution in [0.4, 0.5) is 4.39 Å². The lowest BCUT2D eigenvalue weighted by Crippen LogP contribution is -1.86. The minimum absolute atomic E-state index is 0.0492. The largest absolute Gasteiger partial charge is 0.507 e. The number of rotatable bonds is 1. The maximum absolute atomic E-state index is 13.3. The van der Waals surface area contributed by atoms with Gasteiger partial charge in [-0.2, -0.15) is 0 Å². The zero-order valence-corrected chi connectivity index (χ0v) is 8.95. The molecule has 0 fully saturated rings. The summed E-state index contributed by atoms with van der Waals surface area (Å²) in [5.41, 5.74) is 0.325. The molecule has 4 heteroatoms. The number of phenols is 1. The molecular weight excluding hydrogens is 255 g/mol. The molecule has 1 heterocycles. The number of hydrogen-bond donors (Lipinski definition) is 1. The predicted molar refractivity (Wildman–Crippen MR) is 56.1 cm³/mol. The predicted octanol–water partition coefficient (Wildman–Crippen LogP) is 3.64. The van der Waals surface area contributed by atoms with Gasteiger partial charge in [-0.1, -0.05) is 15.9 Å². The lowest BCUT2D eigenvalue weighted by atomic mass is 10.1. The average molecular weight is 261 g/mol. The number of halogens is 2. The van der Waals surface area contributed by atoms with Crippen LogP contribution in [-0.2, 0) is 5.33 Å². The molecule has 68 valence electrons. The van der Waals surface area contributed by atoms with Crippen LogP contribution in [0.2, 0.25) is 0 Å². The fourth-order valence-electron chi connectivity index (χ4n) is 1.23. The van der Waals surface area contributed by atoms with Crippen molar-refractivity contribution in [2.45, 2.75) is 5.33 Å².